The lowest BCUT2D eigenvalue weighted by atomic mass is 9.70. The third kappa shape index (κ3) is 12.1. The smallest absolute Gasteiger partial charge is 0.148 e. The van der Waals surface area contributed by atoms with Crippen molar-refractivity contribution < 1.29 is 0 Å². The van der Waals surface area contributed by atoms with Crippen molar-refractivity contribution in [2.45, 2.75) is 5.41 Å². The third-order valence-electron chi connectivity index (χ3n) is 19.3. The van der Waals surface area contributed by atoms with Gasteiger partial charge in [-0.3, -0.25) is 0 Å². The van der Waals surface area contributed by atoms with Gasteiger partial charge in [-0.25, -0.2) is 0 Å². The zero-order chi connectivity index (χ0) is 75.7. The molecule has 0 amide bonds. The number of rotatable bonds is 16. The highest BCUT2D eigenvalue weighted by Crippen LogP contribution is 2.66. The summed E-state index contributed by atoms with van der Waals surface area (Å²) in [6, 6.07) is 117. The Balaban J connectivity index is 1.09. The van der Waals surface area contributed by atoms with Crippen molar-refractivity contribution in [3.05, 3.63) is 358 Å². The number of hydrogen-bond donors (Lipinski definition) is 0. The minimum Gasteiger partial charge on any atom is -0.310 e. The van der Waals surface area contributed by atoms with E-state index in [9.17, 15) is 63.1 Å². The van der Waals surface area contributed by atoms with Crippen LogP contribution in [-0.4, -0.2) is 0 Å². The van der Waals surface area contributed by atoms with Gasteiger partial charge in [0.05, 0.1) is 27.7 Å². The van der Waals surface area contributed by atoms with Crippen LogP contribution in [0.5, 0.6) is 0 Å². The van der Waals surface area contributed by atoms with Crippen LogP contribution in [0.25, 0.3) is 44.5 Å². The molecular weight excluding hydrogens is 1340 g/mol. The molecule has 0 saturated heterocycles. The lowest BCUT2D eigenvalue weighted by Gasteiger charge is -2.35. The summed E-state index contributed by atoms with van der Waals surface area (Å²) >= 11 is 0. The monoisotopic (exact) mass is 1390 g/mol. The first-order valence-electron chi connectivity index (χ1n) is 33.7. The summed E-state index contributed by atoms with van der Waals surface area (Å²) < 4.78 is 0. The Bertz CT molecular complexity index is 5560. The first-order valence-corrected chi connectivity index (χ1v) is 33.7. The molecule has 0 heterocycles. The number of anilines is 12. The fraction of sp³-hybridized carbons (Fsp3) is 0.0108. The van der Waals surface area contributed by atoms with Crippen LogP contribution in [0.15, 0.2) is 313 Å². The van der Waals surface area contributed by atoms with Gasteiger partial charge in [0, 0.05) is 68.2 Å². The van der Waals surface area contributed by atoms with Gasteiger partial charge in [-0.05, 0) is 212 Å². The van der Waals surface area contributed by atoms with Gasteiger partial charge in [0.25, 0.3) is 0 Å². The van der Waals surface area contributed by atoms with Crippen molar-refractivity contribution in [1.29, 1.82) is 63.1 Å². The number of nitriles is 12. The van der Waals surface area contributed by atoms with Crippen molar-refractivity contribution in [1.82, 2.24) is 0 Å². The standard InChI is InChI=1S/C93H48N16/c94-49-65(50-95)85(57-102)61-21-29-73(30-22-61)106(69-13-5-1-6-14-69)77-37-41-81-82-42-38-78(107(70-15-7-2-8-16-70)74-31-23-62(24-32-74)86(58-103)66(51-96)52-97)46-90(82)93(89(81)45-77)91-47-79(108(71-17-9-3-10-18-71)75-33-25-63(26-34-75)87(59-104)67(53-98)54-99)39-43-83(91)84-44-40-80(48-92(84)93)109(72-19-11-4-12-20-72)76-35-27-64(28-36-76)88(60-105)68(55-100)56-101/h1-48H. The summed E-state index contributed by atoms with van der Waals surface area (Å²) in [7, 11) is 0. The zero-order valence-electron chi connectivity index (χ0n) is 57.4. The van der Waals surface area contributed by atoms with Crippen molar-refractivity contribution in [3.63, 3.8) is 0 Å². The maximum atomic E-state index is 10.3. The fourth-order valence-corrected chi connectivity index (χ4v) is 14.5. The second-order valence-electron chi connectivity index (χ2n) is 24.9. The molecule has 0 bridgehead atoms. The molecular formula is C93H48N16. The Hall–Kier alpha value is -17.3. The van der Waals surface area contributed by atoms with Gasteiger partial charge < -0.3 is 19.6 Å². The van der Waals surface area contributed by atoms with Gasteiger partial charge in [0.15, 0.2) is 0 Å². The van der Waals surface area contributed by atoms with Crippen LogP contribution in [0.3, 0.4) is 0 Å². The van der Waals surface area contributed by atoms with E-state index in [1.165, 1.54) is 0 Å². The molecule has 0 aromatic heterocycles. The van der Waals surface area contributed by atoms with E-state index in [1.807, 2.05) is 218 Å². The SMILES string of the molecule is N#CC(C#N)=C(C#N)c1ccc(N(c2ccccc2)c2ccc3c(c2)C2(c4cc(N(c5ccccc5)c5ccc(C(C#N)=C(C#N)C#N)cc5)ccc4-3)c3cc(N(c4ccccc4)c4ccc(C(C#N)=C(C#N)C#N)cc4)ccc3-c3ccc(N(c4ccccc4)c4ccc(C(C#N)=C(C#N)C#N)cc4)cc32)cc1. The van der Waals surface area contributed by atoms with Crippen molar-refractivity contribution in [2.24, 2.45) is 0 Å². The number of para-hydroxylation sites is 4. The van der Waals surface area contributed by atoms with E-state index in [0.29, 0.717) is 45.0 Å². The molecule has 2 aliphatic carbocycles. The molecule has 16 nitrogen and oxygen atoms in total. The summed E-state index contributed by atoms with van der Waals surface area (Å²) in [6.45, 7) is 0. The molecule has 12 aromatic rings. The topological polar surface area (TPSA) is 298 Å². The maximum absolute atomic E-state index is 10.3. The predicted octanol–water partition coefficient (Wildman–Crippen LogP) is 21.2. The zero-order valence-corrected chi connectivity index (χ0v) is 57.4. The Morgan fingerprint density at radius 2 is 0.349 bits per heavy atom. The van der Waals surface area contributed by atoms with E-state index < -0.39 is 5.41 Å². The van der Waals surface area contributed by atoms with Gasteiger partial charge in [0.2, 0.25) is 0 Å². The normalized spacial score (nSPS) is 10.9. The quantitative estimate of drug-likeness (QED) is 0.0812. The van der Waals surface area contributed by atoms with Crippen LogP contribution >= 0.6 is 0 Å². The van der Waals surface area contributed by atoms with Crippen LogP contribution < -0.4 is 19.6 Å². The summed E-state index contributed by atoms with van der Waals surface area (Å²) in [4.78, 5) is 8.44. The highest BCUT2D eigenvalue weighted by Gasteiger charge is 2.53. The van der Waals surface area contributed by atoms with Crippen LogP contribution in [0.1, 0.15) is 44.5 Å². The number of fused-ring (bicyclic) bond motifs is 10. The first kappa shape index (κ1) is 68.8. The van der Waals surface area contributed by atoms with E-state index in [4.69, 9.17) is 0 Å². The minimum absolute atomic E-state index is 0.0644. The van der Waals surface area contributed by atoms with Crippen molar-refractivity contribution >= 4 is 90.5 Å². The summed E-state index contributed by atoms with van der Waals surface area (Å²) in [5.74, 6) is 0. The van der Waals surface area contributed by atoms with Gasteiger partial charge >= 0.3 is 0 Å². The van der Waals surface area contributed by atoms with Crippen LogP contribution in [-0.2, 0) is 5.41 Å². The van der Waals surface area contributed by atoms with E-state index in [-0.39, 0.29) is 44.6 Å². The Kier molecular flexibility index (Phi) is 18.8. The van der Waals surface area contributed by atoms with Crippen molar-refractivity contribution in [2.75, 3.05) is 19.6 Å². The van der Waals surface area contributed by atoms with Gasteiger partial charge in [-0.1, -0.05) is 146 Å². The molecule has 2 aliphatic rings. The minimum atomic E-state index is -1.30. The third-order valence-corrected chi connectivity index (χ3v) is 19.3. The Labute approximate surface area is 628 Å². The van der Waals surface area contributed by atoms with Gasteiger partial charge in [0.1, 0.15) is 95.1 Å². The molecule has 14 rings (SSSR count). The molecule has 16 heteroatoms. The average molecular weight is 1390 g/mol. The predicted molar refractivity (Wildman–Crippen MR) is 417 cm³/mol. The van der Waals surface area contributed by atoms with Crippen LogP contribution in [0.4, 0.5) is 68.2 Å². The average Bonchev–Trinajstić information content (AvgIpc) is 1.50. The Morgan fingerprint density at radius 1 is 0.183 bits per heavy atom. The summed E-state index contributed by atoms with van der Waals surface area (Å²) in [5, 5.41) is 121. The van der Waals surface area contributed by atoms with Gasteiger partial charge in [-0.15, -0.1) is 0 Å². The van der Waals surface area contributed by atoms with Gasteiger partial charge in [-0.2, -0.15) is 63.1 Å². The summed E-state index contributed by atoms with van der Waals surface area (Å²) in [6.07, 6.45) is 0. The number of benzene rings is 12. The second kappa shape index (κ2) is 29.7. The molecule has 0 radical (unpaired) electrons. The number of hydrogen-bond acceptors (Lipinski definition) is 16. The molecule has 0 saturated carbocycles. The molecule has 1 spiro atoms. The van der Waals surface area contributed by atoms with Crippen LogP contribution in [0, 0.1) is 136 Å². The summed E-state index contributed by atoms with van der Waals surface area (Å²) in [5.41, 5.74) is 14.5. The molecule has 500 valence electrons. The maximum Gasteiger partial charge on any atom is 0.148 e. The van der Waals surface area contributed by atoms with E-state index in [1.54, 1.807) is 48.5 Å². The molecule has 0 fully saturated rings. The lowest BCUT2D eigenvalue weighted by molar-refractivity contribution is 0.793. The molecule has 0 N–H and O–H groups in total. The van der Waals surface area contributed by atoms with E-state index in [0.717, 1.165) is 90.0 Å². The highest BCUT2D eigenvalue weighted by molar-refractivity contribution is 6.01. The molecule has 109 heavy (non-hydrogen) atoms. The Morgan fingerprint density at radius 3 is 0.514 bits per heavy atom. The fourth-order valence-electron chi connectivity index (χ4n) is 14.5. The molecule has 0 unspecified atom stereocenters. The van der Waals surface area contributed by atoms with Crippen molar-refractivity contribution in [3.8, 4) is 95.1 Å². The van der Waals surface area contributed by atoms with E-state index in [2.05, 4.69) is 117 Å². The number of allylic oxidation sites excluding steroid dienone is 8. The van der Waals surface area contributed by atoms with E-state index >= 15 is 0 Å². The first-order chi connectivity index (χ1) is 53.5. The highest BCUT2D eigenvalue weighted by atomic mass is 15.2. The molecule has 0 atom stereocenters. The number of nitrogens with zero attached hydrogens (tertiary/aromatic N) is 16. The molecule has 12 aromatic carbocycles. The van der Waals surface area contributed by atoms with Crippen LogP contribution in [0.2, 0.25) is 0 Å². The second-order valence-corrected chi connectivity index (χ2v) is 24.9. The lowest BCUT2D eigenvalue weighted by Crippen LogP contribution is -2.27. The largest absolute Gasteiger partial charge is 0.310 e. The molecule has 0 aliphatic heterocycles.